The van der Waals surface area contributed by atoms with E-state index in [1.807, 2.05) is 30.0 Å². The Balaban J connectivity index is 1.85. The number of aliphatic hydroxyl groups excluding tert-OH is 1. The maximum Gasteiger partial charge on any atom is 0.0669 e. The maximum absolute atomic E-state index is 9.63. The van der Waals surface area contributed by atoms with Gasteiger partial charge in [-0.2, -0.15) is 11.8 Å². The molecule has 0 bridgehead atoms. The second-order valence-electron chi connectivity index (χ2n) is 3.91. The molecule has 0 radical (unpaired) electrons. The number of benzene rings is 1. The van der Waals surface area contributed by atoms with Crippen molar-refractivity contribution in [3.63, 3.8) is 0 Å². The summed E-state index contributed by atoms with van der Waals surface area (Å²) in [6.45, 7) is 0. The van der Waals surface area contributed by atoms with Gasteiger partial charge in [0.2, 0.25) is 0 Å². The van der Waals surface area contributed by atoms with E-state index in [0.717, 1.165) is 17.9 Å². The Labute approximate surface area is 95.2 Å². The standard InChI is InChI=1S/C13H16OS/c14-13-10-15-9-12(13)8-4-7-11-5-2-1-3-6-11/h1-7,12-14H,8-10H2/b7-4+. The van der Waals surface area contributed by atoms with Gasteiger partial charge in [-0.05, 0) is 23.7 Å². The van der Waals surface area contributed by atoms with Crippen molar-refractivity contribution >= 4 is 17.8 Å². The molecule has 0 saturated carbocycles. The zero-order valence-corrected chi connectivity index (χ0v) is 9.49. The van der Waals surface area contributed by atoms with Gasteiger partial charge in [-0.25, -0.2) is 0 Å². The molecule has 0 amide bonds. The summed E-state index contributed by atoms with van der Waals surface area (Å²) in [5, 5.41) is 9.63. The molecule has 80 valence electrons. The lowest BCUT2D eigenvalue weighted by Crippen LogP contribution is -2.16. The molecule has 2 atom stereocenters. The van der Waals surface area contributed by atoms with Crippen LogP contribution < -0.4 is 0 Å². The van der Waals surface area contributed by atoms with Crippen LogP contribution in [0.4, 0.5) is 0 Å². The monoisotopic (exact) mass is 220 g/mol. The molecule has 1 aliphatic rings. The van der Waals surface area contributed by atoms with Crippen molar-refractivity contribution in [2.75, 3.05) is 11.5 Å². The fourth-order valence-corrected chi connectivity index (χ4v) is 3.07. The molecule has 2 heteroatoms. The smallest absolute Gasteiger partial charge is 0.0669 e. The van der Waals surface area contributed by atoms with Crippen LogP contribution in [0.2, 0.25) is 0 Å². The number of rotatable bonds is 3. The van der Waals surface area contributed by atoms with Crippen molar-refractivity contribution in [1.82, 2.24) is 0 Å². The van der Waals surface area contributed by atoms with Gasteiger partial charge in [-0.3, -0.25) is 0 Å². The normalized spacial score (nSPS) is 26.2. The molecule has 1 fully saturated rings. The van der Waals surface area contributed by atoms with E-state index in [1.54, 1.807) is 0 Å². The van der Waals surface area contributed by atoms with Gasteiger partial charge < -0.3 is 5.11 Å². The van der Waals surface area contributed by atoms with Gasteiger partial charge in [0.1, 0.15) is 0 Å². The minimum Gasteiger partial charge on any atom is -0.392 e. The Hall–Kier alpha value is -0.730. The van der Waals surface area contributed by atoms with Crippen molar-refractivity contribution in [1.29, 1.82) is 0 Å². The number of thioether (sulfide) groups is 1. The molecule has 0 aromatic heterocycles. The van der Waals surface area contributed by atoms with Gasteiger partial charge in [-0.15, -0.1) is 0 Å². The first kappa shape index (κ1) is 10.8. The molecule has 2 unspecified atom stereocenters. The highest BCUT2D eigenvalue weighted by Gasteiger charge is 2.24. The molecule has 1 saturated heterocycles. The Bertz CT molecular complexity index is 321. The van der Waals surface area contributed by atoms with Crippen molar-refractivity contribution in [2.45, 2.75) is 12.5 Å². The minimum atomic E-state index is -0.101. The van der Waals surface area contributed by atoms with E-state index in [2.05, 4.69) is 24.3 Å². The van der Waals surface area contributed by atoms with E-state index in [4.69, 9.17) is 0 Å². The van der Waals surface area contributed by atoms with Crippen LogP contribution in [0.3, 0.4) is 0 Å². The number of aliphatic hydroxyl groups is 1. The Kier molecular flexibility index (Phi) is 3.87. The summed E-state index contributed by atoms with van der Waals surface area (Å²) in [5.41, 5.74) is 1.23. The molecule has 1 aliphatic heterocycles. The topological polar surface area (TPSA) is 20.2 Å². The van der Waals surface area contributed by atoms with E-state index >= 15 is 0 Å². The number of hydrogen-bond donors (Lipinski definition) is 1. The van der Waals surface area contributed by atoms with Gasteiger partial charge in [0.25, 0.3) is 0 Å². The van der Waals surface area contributed by atoms with Crippen LogP contribution in [0, 0.1) is 5.92 Å². The first-order chi connectivity index (χ1) is 7.36. The summed E-state index contributed by atoms with van der Waals surface area (Å²) in [7, 11) is 0. The van der Waals surface area contributed by atoms with Gasteiger partial charge >= 0.3 is 0 Å². The molecule has 1 nitrogen and oxygen atoms in total. The van der Waals surface area contributed by atoms with Crippen LogP contribution in [-0.4, -0.2) is 22.7 Å². The summed E-state index contributed by atoms with van der Waals surface area (Å²) in [5.74, 6) is 2.46. The molecule has 0 aliphatic carbocycles. The second kappa shape index (κ2) is 5.38. The van der Waals surface area contributed by atoms with Crippen LogP contribution in [0.15, 0.2) is 36.4 Å². The van der Waals surface area contributed by atoms with Crippen LogP contribution in [0.5, 0.6) is 0 Å². The predicted molar refractivity (Wildman–Crippen MR) is 66.9 cm³/mol. The van der Waals surface area contributed by atoms with Crippen molar-refractivity contribution in [3.8, 4) is 0 Å². The quantitative estimate of drug-likeness (QED) is 0.845. The summed E-state index contributed by atoms with van der Waals surface area (Å²) in [6.07, 6.45) is 5.20. The second-order valence-corrected chi connectivity index (χ2v) is 4.99. The highest BCUT2D eigenvalue weighted by atomic mass is 32.2. The molecule has 15 heavy (non-hydrogen) atoms. The zero-order valence-electron chi connectivity index (χ0n) is 8.67. The van der Waals surface area contributed by atoms with E-state index in [0.29, 0.717) is 5.92 Å². The largest absolute Gasteiger partial charge is 0.392 e. The lowest BCUT2D eigenvalue weighted by atomic mass is 10.0. The summed E-state index contributed by atoms with van der Waals surface area (Å²) < 4.78 is 0. The third-order valence-corrected chi connectivity index (χ3v) is 3.95. The Morgan fingerprint density at radius 1 is 1.27 bits per heavy atom. The maximum atomic E-state index is 9.63. The summed E-state index contributed by atoms with van der Waals surface area (Å²) in [4.78, 5) is 0. The average Bonchev–Trinajstić information content (AvgIpc) is 2.66. The molecule has 1 heterocycles. The lowest BCUT2D eigenvalue weighted by Gasteiger charge is -2.09. The van der Waals surface area contributed by atoms with Crippen LogP contribution >= 0.6 is 11.8 Å². The van der Waals surface area contributed by atoms with Crippen molar-refractivity contribution in [3.05, 3.63) is 42.0 Å². The number of allylic oxidation sites excluding steroid dienone is 1. The Morgan fingerprint density at radius 3 is 2.73 bits per heavy atom. The highest BCUT2D eigenvalue weighted by molar-refractivity contribution is 7.99. The first-order valence-electron chi connectivity index (χ1n) is 5.33. The van der Waals surface area contributed by atoms with Gasteiger partial charge in [-0.1, -0.05) is 42.5 Å². The molecule has 1 N–H and O–H groups in total. The highest BCUT2D eigenvalue weighted by Crippen LogP contribution is 2.27. The molecule has 0 spiro atoms. The van der Waals surface area contributed by atoms with Crippen LogP contribution in [0.1, 0.15) is 12.0 Å². The first-order valence-corrected chi connectivity index (χ1v) is 6.49. The zero-order chi connectivity index (χ0) is 10.5. The fourth-order valence-electron chi connectivity index (χ4n) is 1.76. The van der Waals surface area contributed by atoms with E-state index in [-0.39, 0.29) is 6.10 Å². The SMILES string of the molecule is OC1CSCC1C/C=C/c1ccccc1. The average molecular weight is 220 g/mol. The molecular weight excluding hydrogens is 204 g/mol. The van der Waals surface area contributed by atoms with Crippen molar-refractivity contribution < 1.29 is 5.11 Å². The van der Waals surface area contributed by atoms with Crippen LogP contribution in [0.25, 0.3) is 6.08 Å². The van der Waals surface area contributed by atoms with E-state index in [1.165, 1.54) is 5.56 Å². The molecule has 1 aromatic carbocycles. The van der Waals surface area contributed by atoms with Crippen molar-refractivity contribution in [2.24, 2.45) is 5.92 Å². The predicted octanol–water partition coefficient (Wildman–Crippen LogP) is 2.81. The summed E-state index contributed by atoms with van der Waals surface area (Å²) in [6, 6.07) is 10.3. The van der Waals surface area contributed by atoms with Gasteiger partial charge in [0.15, 0.2) is 0 Å². The molecular formula is C13H16OS. The number of hydrogen-bond acceptors (Lipinski definition) is 2. The lowest BCUT2D eigenvalue weighted by molar-refractivity contribution is 0.151. The Morgan fingerprint density at radius 2 is 2.07 bits per heavy atom. The van der Waals surface area contributed by atoms with E-state index in [9.17, 15) is 5.11 Å². The van der Waals surface area contributed by atoms with Gasteiger partial charge in [0, 0.05) is 5.75 Å². The third-order valence-electron chi connectivity index (χ3n) is 2.71. The third kappa shape index (κ3) is 3.11. The minimum absolute atomic E-state index is 0.101. The molecule has 1 aromatic rings. The van der Waals surface area contributed by atoms with Crippen LogP contribution in [-0.2, 0) is 0 Å². The van der Waals surface area contributed by atoms with Gasteiger partial charge in [0.05, 0.1) is 6.10 Å². The fraction of sp³-hybridized carbons (Fsp3) is 0.385. The molecule has 2 rings (SSSR count). The summed E-state index contributed by atoms with van der Waals surface area (Å²) >= 11 is 1.85. The van der Waals surface area contributed by atoms with E-state index < -0.39 is 0 Å².